The van der Waals surface area contributed by atoms with E-state index < -0.39 is 114 Å². The Hall–Kier alpha value is -3.75. The molecule has 11 N–H and O–H groups in total. The summed E-state index contributed by atoms with van der Waals surface area (Å²) in [6.45, 7) is -1.46. The molecule has 2 aromatic carbocycles. The maximum absolute atomic E-state index is 13.3. The minimum Gasteiger partial charge on any atom is -0.508 e. The molecule has 10 atom stereocenters. The molecular weight excluding hydrogens is 596 g/mol. The van der Waals surface area contributed by atoms with Crippen molar-refractivity contribution in [2.45, 2.75) is 61.4 Å². The van der Waals surface area contributed by atoms with E-state index in [1.54, 1.807) is 0 Å². The summed E-state index contributed by atoms with van der Waals surface area (Å²) in [7, 11) is 0. The largest absolute Gasteiger partial charge is 0.508 e. The zero-order valence-corrected chi connectivity index (χ0v) is 22.4. The second kappa shape index (κ2) is 12.3. The van der Waals surface area contributed by atoms with Gasteiger partial charge >= 0.3 is 0 Å². The second-order valence-corrected chi connectivity index (χ2v) is 10.2. The molecule has 44 heavy (non-hydrogen) atoms. The van der Waals surface area contributed by atoms with E-state index in [0.717, 1.165) is 24.3 Å². The summed E-state index contributed by atoms with van der Waals surface area (Å²) in [6.07, 6.45) is -16.4. The van der Waals surface area contributed by atoms with Crippen LogP contribution in [0.3, 0.4) is 0 Å². The summed E-state index contributed by atoms with van der Waals surface area (Å²) in [4.78, 5) is 13.3. The lowest BCUT2D eigenvalue weighted by Gasteiger charge is -2.39. The Morgan fingerprint density at radius 1 is 0.682 bits per heavy atom. The predicted molar refractivity (Wildman–Crippen MR) is 142 cm³/mol. The molecule has 0 radical (unpaired) electrons. The molecule has 3 aromatic rings. The number of benzene rings is 2. The van der Waals surface area contributed by atoms with Crippen LogP contribution in [0.25, 0.3) is 22.3 Å². The number of hydrogen-bond acceptors (Lipinski definition) is 17. The number of rotatable bonds is 7. The highest BCUT2D eigenvalue weighted by atomic mass is 16.7. The van der Waals surface area contributed by atoms with Crippen molar-refractivity contribution in [3.8, 4) is 40.1 Å². The van der Waals surface area contributed by atoms with Crippen LogP contribution in [0.1, 0.15) is 0 Å². The van der Waals surface area contributed by atoms with Gasteiger partial charge in [0.25, 0.3) is 0 Å². The monoisotopic (exact) mass is 626 g/mol. The van der Waals surface area contributed by atoms with E-state index in [4.69, 9.17) is 23.4 Å². The van der Waals surface area contributed by atoms with E-state index in [1.165, 1.54) is 6.07 Å². The molecule has 0 unspecified atom stereocenters. The second-order valence-electron chi connectivity index (χ2n) is 10.2. The fourth-order valence-corrected chi connectivity index (χ4v) is 4.89. The van der Waals surface area contributed by atoms with Gasteiger partial charge in [0.05, 0.1) is 13.2 Å². The molecule has 3 heterocycles. The van der Waals surface area contributed by atoms with Crippen LogP contribution in [-0.2, 0) is 9.47 Å². The molecule has 0 spiro atoms. The van der Waals surface area contributed by atoms with E-state index in [1.807, 2.05) is 0 Å². The van der Waals surface area contributed by atoms with Crippen molar-refractivity contribution in [3.63, 3.8) is 0 Å². The Kier molecular flexibility index (Phi) is 8.87. The quantitative estimate of drug-likeness (QED) is 0.124. The minimum absolute atomic E-state index is 0.0695. The molecule has 1 aromatic heterocycles. The molecule has 0 aliphatic carbocycles. The standard InChI is InChI=1S/C27H30O17/c28-6-14-17(32)20(35)23(38)26(43-14)41-11-2-1-8(3-10(11)31)25-22(37)19(34)16-12(40-25)4-9(30)5-13(16)42-27-24(39)21(36)18(33)15(7-29)44-27/h1-5,14-15,17-18,20-21,23-24,26-33,35-39H,6-7H2/t14-,15-,17+,18+,20-,21-,23-,24-,26+,27+/m1/s1. The lowest BCUT2D eigenvalue weighted by molar-refractivity contribution is -0.277. The highest BCUT2D eigenvalue weighted by molar-refractivity contribution is 5.88. The van der Waals surface area contributed by atoms with Gasteiger partial charge in [-0.2, -0.15) is 0 Å². The topological polar surface area (TPSA) is 290 Å². The van der Waals surface area contributed by atoms with Crippen molar-refractivity contribution in [1.82, 2.24) is 0 Å². The number of aromatic hydroxyl groups is 3. The van der Waals surface area contributed by atoms with Crippen molar-refractivity contribution in [2.75, 3.05) is 13.2 Å². The first kappa shape index (κ1) is 31.7. The Morgan fingerprint density at radius 3 is 1.75 bits per heavy atom. The first-order valence-corrected chi connectivity index (χ1v) is 13.2. The number of fused-ring (bicyclic) bond motifs is 1. The average Bonchev–Trinajstić information content (AvgIpc) is 3.00. The number of aliphatic hydroxyl groups excluding tert-OH is 8. The van der Waals surface area contributed by atoms with Crippen molar-refractivity contribution in [3.05, 3.63) is 40.6 Å². The van der Waals surface area contributed by atoms with E-state index in [-0.39, 0.29) is 16.9 Å². The number of phenols is 2. The van der Waals surface area contributed by atoms with Gasteiger partial charge in [-0.1, -0.05) is 0 Å². The fourth-order valence-electron chi connectivity index (χ4n) is 4.89. The van der Waals surface area contributed by atoms with Gasteiger partial charge in [0.2, 0.25) is 23.8 Å². The van der Waals surface area contributed by atoms with Crippen molar-refractivity contribution < 1.29 is 79.5 Å². The van der Waals surface area contributed by atoms with Crippen LogP contribution in [0.5, 0.6) is 28.7 Å². The van der Waals surface area contributed by atoms with Crippen molar-refractivity contribution in [2.24, 2.45) is 0 Å². The first-order valence-electron chi connectivity index (χ1n) is 13.2. The summed E-state index contributed by atoms with van der Waals surface area (Å²) in [5.41, 5.74) is -1.48. The molecule has 0 amide bonds. The van der Waals surface area contributed by atoms with Crippen LogP contribution in [0.15, 0.2) is 39.5 Å². The van der Waals surface area contributed by atoms with Gasteiger partial charge in [0.1, 0.15) is 71.3 Å². The van der Waals surface area contributed by atoms with E-state index in [2.05, 4.69) is 0 Å². The van der Waals surface area contributed by atoms with Crippen LogP contribution >= 0.6 is 0 Å². The van der Waals surface area contributed by atoms with Crippen LogP contribution in [0.4, 0.5) is 0 Å². The molecule has 2 fully saturated rings. The average molecular weight is 627 g/mol. The van der Waals surface area contributed by atoms with E-state index >= 15 is 0 Å². The van der Waals surface area contributed by atoms with E-state index in [9.17, 15) is 61.0 Å². The minimum atomic E-state index is -1.85. The maximum Gasteiger partial charge on any atom is 0.238 e. The van der Waals surface area contributed by atoms with E-state index in [0.29, 0.717) is 0 Å². The molecule has 240 valence electrons. The van der Waals surface area contributed by atoms with Gasteiger partial charge in [-0.25, -0.2) is 0 Å². The Labute approximate surface area is 246 Å². The number of ether oxygens (including phenoxy) is 4. The van der Waals surface area contributed by atoms with Gasteiger partial charge in [0, 0.05) is 17.7 Å². The number of aliphatic hydroxyl groups is 8. The van der Waals surface area contributed by atoms with Gasteiger partial charge in [0.15, 0.2) is 17.3 Å². The Balaban J connectivity index is 1.46. The summed E-state index contributed by atoms with van der Waals surface area (Å²) in [5.74, 6) is -3.29. The van der Waals surface area contributed by atoms with Crippen LogP contribution in [0.2, 0.25) is 0 Å². The third kappa shape index (κ3) is 5.61. The van der Waals surface area contributed by atoms with Crippen molar-refractivity contribution in [1.29, 1.82) is 0 Å². The zero-order valence-electron chi connectivity index (χ0n) is 22.4. The molecular formula is C27H30O17. The van der Waals surface area contributed by atoms with Crippen molar-refractivity contribution >= 4 is 11.0 Å². The van der Waals surface area contributed by atoms with Gasteiger partial charge in [-0.05, 0) is 18.2 Å². The summed E-state index contributed by atoms with van der Waals surface area (Å²) >= 11 is 0. The lowest BCUT2D eigenvalue weighted by Crippen LogP contribution is -2.60. The summed E-state index contributed by atoms with van der Waals surface area (Å²) in [5, 5.41) is 110. The SMILES string of the molecule is O=c1c(O)c(-c2ccc(O[C@H]3O[C@H](CO)[C@H](O)[C@@H](O)[C@H]3O)c(O)c2)oc2cc(O)cc(O[C@H]3O[C@H](CO)[C@H](O)[C@@H](O)[C@H]3O)c12. The van der Waals surface area contributed by atoms with Gasteiger partial charge < -0.3 is 79.5 Å². The molecule has 2 saturated heterocycles. The molecule has 17 nitrogen and oxygen atoms in total. The number of hydrogen-bond donors (Lipinski definition) is 11. The van der Waals surface area contributed by atoms with Crippen LogP contribution in [-0.4, -0.2) is 131 Å². The number of phenolic OH excluding ortho intramolecular Hbond substituents is 2. The summed E-state index contributed by atoms with van der Waals surface area (Å²) < 4.78 is 27.1. The van der Waals surface area contributed by atoms with Crippen LogP contribution in [0, 0.1) is 0 Å². The van der Waals surface area contributed by atoms with Gasteiger partial charge in [-0.15, -0.1) is 0 Å². The van der Waals surface area contributed by atoms with Crippen LogP contribution < -0.4 is 14.9 Å². The van der Waals surface area contributed by atoms with Gasteiger partial charge in [-0.3, -0.25) is 4.79 Å². The third-order valence-corrected chi connectivity index (χ3v) is 7.32. The molecule has 17 heteroatoms. The maximum atomic E-state index is 13.3. The molecule has 0 bridgehead atoms. The Morgan fingerprint density at radius 2 is 1.23 bits per heavy atom. The molecule has 2 aliphatic rings. The molecule has 5 rings (SSSR count). The fraction of sp³-hybridized carbons (Fsp3) is 0.444. The predicted octanol–water partition coefficient (Wildman–Crippen LogP) is -3.07. The Bertz CT molecular complexity index is 1550. The third-order valence-electron chi connectivity index (χ3n) is 7.32. The highest BCUT2D eigenvalue weighted by Crippen LogP contribution is 2.40. The zero-order chi connectivity index (χ0) is 32.0. The molecule has 0 saturated carbocycles. The normalized spacial score (nSPS) is 32.5. The lowest BCUT2D eigenvalue weighted by atomic mass is 9.99. The summed E-state index contributed by atoms with van der Waals surface area (Å²) in [6, 6.07) is 5.34. The first-order chi connectivity index (χ1) is 20.9. The smallest absolute Gasteiger partial charge is 0.238 e. The highest BCUT2D eigenvalue weighted by Gasteiger charge is 2.46. The molecule has 2 aliphatic heterocycles.